The lowest BCUT2D eigenvalue weighted by Gasteiger charge is -2.33. The van der Waals surface area contributed by atoms with E-state index in [-0.39, 0.29) is 19.3 Å². The van der Waals surface area contributed by atoms with Gasteiger partial charge in [-0.2, -0.15) is 0 Å². The van der Waals surface area contributed by atoms with Crippen LogP contribution in [0.3, 0.4) is 0 Å². The van der Waals surface area contributed by atoms with Crippen molar-refractivity contribution in [3.8, 4) is 11.5 Å². The van der Waals surface area contributed by atoms with Gasteiger partial charge in [0, 0.05) is 40.6 Å². The summed E-state index contributed by atoms with van der Waals surface area (Å²) in [6.07, 6.45) is 8.99. The topological polar surface area (TPSA) is 69.6 Å². The molecule has 0 amide bonds. The Morgan fingerprint density at radius 3 is 1.86 bits per heavy atom. The van der Waals surface area contributed by atoms with Crippen LogP contribution in [0.25, 0.3) is 0 Å². The zero-order chi connectivity index (χ0) is 36.5. The standard InChI is InChI=1S/C18H16ClNO2.C14H12ClNO.C8H16O2Si.CH4/c1-22-17-8-6-15(7-9-17)20-11-10-16(21)12-18(20)13-2-4-14(19)5-3-13;1-17-14-8-6-13(7-9-14)16-10-11-2-4-12(15)5-3-11;1-8(6-7-9-2)10-11(3,4)5;/h2-11,18H,12H2,1H3;2-10H,1H3;6-7H,1H2,2-5H3;1H4/b;;7-6+;. The molecule has 0 aliphatic carbocycles. The molecular weight excluding hydrogens is 699 g/mol. The first kappa shape index (κ1) is 42.4. The number of carbonyl (C=O) groups excluding carboxylic acids is 1. The Hall–Kier alpha value is -4.76. The molecule has 1 aliphatic heterocycles. The number of allylic oxidation sites excluding steroid dienone is 2. The van der Waals surface area contributed by atoms with E-state index >= 15 is 0 Å². The molecule has 0 saturated carbocycles. The molecule has 0 fully saturated rings. The molecule has 1 aliphatic rings. The third-order valence-corrected chi connectivity index (χ3v) is 8.29. The molecule has 0 spiro atoms. The Kier molecular flexibility index (Phi) is 17.8. The van der Waals surface area contributed by atoms with Crippen LogP contribution in [0.2, 0.25) is 29.7 Å². The molecule has 0 saturated heterocycles. The van der Waals surface area contributed by atoms with Crippen LogP contribution < -0.4 is 14.4 Å². The van der Waals surface area contributed by atoms with Crippen molar-refractivity contribution in [3.63, 3.8) is 0 Å². The molecule has 51 heavy (non-hydrogen) atoms. The Balaban J connectivity index is 0.000000279. The fourth-order valence-corrected chi connectivity index (χ4v) is 5.65. The minimum Gasteiger partial charge on any atom is -0.545 e. The molecule has 0 N–H and O–H groups in total. The second kappa shape index (κ2) is 21.5. The lowest BCUT2D eigenvalue weighted by Crippen LogP contribution is -2.28. The van der Waals surface area contributed by atoms with E-state index in [1.807, 2.05) is 103 Å². The van der Waals surface area contributed by atoms with Gasteiger partial charge in [0.15, 0.2) is 5.78 Å². The number of nitrogens with zero attached hydrogens (tertiary/aromatic N) is 2. The summed E-state index contributed by atoms with van der Waals surface area (Å²) in [6, 6.07) is 30.5. The van der Waals surface area contributed by atoms with E-state index in [2.05, 4.69) is 36.1 Å². The van der Waals surface area contributed by atoms with Gasteiger partial charge < -0.3 is 23.5 Å². The van der Waals surface area contributed by atoms with Crippen molar-refractivity contribution in [1.82, 2.24) is 0 Å². The van der Waals surface area contributed by atoms with Crippen LogP contribution in [-0.2, 0) is 14.0 Å². The quantitative estimate of drug-likeness (QED) is 0.0696. The van der Waals surface area contributed by atoms with Crippen LogP contribution in [-0.4, -0.2) is 41.6 Å². The lowest BCUT2D eigenvalue weighted by atomic mass is 9.96. The van der Waals surface area contributed by atoms with Crippen molar-refractivity contribution < 1.29 is 23.4 Å². The first-order valence-electron chi connectivity index (χ1n) is 15.8. The number of rotatable bonds is 10. The van der Waals surface area contributed by atoms with Crippen molar-refractivity contribution in [2.75, 3.05) is 26.2 Å². The van der Waals surface area contributed by atoms with Crippen molar-refractivity contribution in [2.24, 2.45) is 4.99 Å². The third kappa shape index (κ3) is 15.3. The number of methoxy groups -OCH3 is 3. The maximum atomic E-state index is 11.8. The number of anilines is 1. The molecule has 0 aromatic heterocycles. The van der Waals surface area contributed by atoms with E-state index in [1.54, 1.807) is 46.0 Å². The number of aliphatic imine (C=N–C) groups is 1. The number of halogens is 2. The van der Waals surface area contributed by atoms with E-state index in [0.717, 1.165) is 39.0 Å². The summed E-state index contributed by atoms with van der Waals surface area (Å²) in [4.78, 5) is 18.3. The number of benzene rings is 4. The summed E-state index contributed by atoms with van der Waals surface area (Å²) in [7, 11) is 3.41. The van der Waals surface area contributed by atoms with Crippen LogP contribution in [0, 0.1) is 0 Å². The van der Waals surface area contributed by atoms with E-state index in [0.29, 0.717) is 17.2 Å². The van der Waals surface area contributed by atoms with Crippen LogP contribution in [0.5, 0.6) is 11.5 Å². The lowest BCUT2D eigenvalue weighted by molar-refractivity contribution is -0.115. The summed E-state index contributed by atoms with van der Waals surface area (Å²) in [5, 5.41) is 1.42. The number of ether oxygens (including phenoxy) is 3. The van der Waals surface area contributed by atoms with Crippen molar-refractivity contribution in [1.29, 1.82) is 0 Å². The van der Waals surface area contributed by atoms with Gasteiger partial charge in [-0.3, -0.25) is 9.79 Å². The third-order valence-electron chi connectivity index (χ3n) is 6.91. The number of ketones is 1. The molecular formula is C41H48Cl2N2O5Si. The summed E-state index contributed by atoms with van der Waals surface area (Å²) < 4.78 is 20.5. The molecule has 1 atom stereocenters. The Bertz CT molecular complexity index is 1730. The molecule has 0 radical (unpaired) electrons. The second-order valence-corrected chi connectivity index (χ2v) is 17.2. The zero-order valence-electron chi connectivity index (χ0n) is 29.3. The highest BCUT2D eigenvalue weighted by molar-refractivity contribution is 6.70. The maximum Gasteiger partial charge on any atom is 0.242 e. The largest absolute Gasteiger partial charge is 0.545 e. The summed E-state index contributed by atoms with van der Waals surface area (Å²) >= 11 is 11.8. The van der Waals surface area contributed by atoms with Gasteiger partial charge in [-0.05, 0) is 110 Å². The highest BCUT2D eigenvalue weighted by Crippen LogP contribution is 2.34. The van der Waals surface area contributed by atoms with E-state index in [9.17, 15) is 4.79 Å². The predicted molar refractivity (Wildman–Crippen MR) is 217 cm³/mol. The van der Waals surface area contributed by atoms with Gasteiger partial charge in [0.25, 0.3) is 0 Å². The fraction of sp³-hybridized carbons (Fsp3) is 0.220. The van der Waals surface area contributed by atoms with Crippen molar-refractivity contribution in [3.05, 3.63) is 155 Å². The van der Waals surface area contributed by atoms with Gasteiger partial charge in [-0.25, -0.2) is 0 Å². The van der Waals surface area contributed by atoms with E-state index in [1.165, 1.54) is 0 Å². The maximum absolute atomic E-state index is 11.8. The number of hydrogen-bond acceptors (Lipinski definition) is 7. The Labute approximate surface area is 314 Å². The van der Waals surface area contributed by atoms with Gasteiger partial charge in [-0.1, -0.05) is 61.5 Å². The smallest absolute Gasteiger partial charge is 0.242 e. The summed E-state index contributed by atoms with van der Waals surface area (Å²) in [5.74, 6) is 2.44. The second-order valence-electron chi connectivity index (χ2n) is 11.9. The van der Waals surface area contributed by atoms with Gasteiger partial charge in [-0.15, -0.1) is 0 Å². The summed E-state index contributed by atoms with van der Waals surface area (Å²) in [6.45, 7) is 10.1. The van der Waals surface area contributed by atoms with Crippen LogP contribution >= 0.6 is 23.2 Å². The van der Waals surface area contributed by atoms with Gasteiger partial charge >= 0.3 is 0 Å². The highest BCUT2D eigenvalue weighted by Gasteiger charge is 2.25. The monoisotopic (exact) mass is 746 g/mol. The average Bonchev–Trinajstić information content (AvgIpc) is 3.11. The van der Waals surface area contributed by atoms with Crippen molar-refractivity contribution in [2.45, 2.75) is 39.5 Å². The number of carbonyl (C=O) groups is 1. The molecule has 270 valence electrons. The SMILES string of the molecule is C.C=C(/C=C/OC)O[Si](C)(C)C.COc1ccc(N2C=CC(=O)CC2c2ccc(Cl)cc2)cc1.COc1ccc(N=Cc2ccc(Cl)cc2)cc1. The van der Waals surface area contributed by atoms with Crippen LogP contribution in [0.4, 0.5) is 11.4 Å². The minimum absolute atomic E-state index is 0. The average molecular weight is 748 g/mol. The Morgan fingerprint density at radius 2 is 1.35 bits per heavy atom. The van der Waals surface area contributed by atoms with Gasteiger partial charge in [0.05, 0.1) is 45.1 Å². The number of hydrogen-bond donors (Lipinski definition) is 0. The van der Waals surface area contributed by atoms with Crippen LogP contribution in [0.1, 0.15) is 31.0 Å². The Morgan fingerprint density at radius 1 is 0.824 bits per heavy atom. The molecule has 10 heteroatoms. The zero-order valence-corrected chi connectivity index (χ0v) is 31.8. The predicted octanol–water partition coefficient (Wildman–Crippen LogP) is 11.6. The molecule has 1 unspecified atom stereocenters. The van der Waals surface area contributed by atoms with E-state index < -0.39 is 8.32 Å². The first-order chi connectivity index (χ1) is 23.9. The molecule has 1 heterocycles. The fourth-order valence-electron chi connectivity index (χ4n) is 4.55. The van der Waals surface area contributed by atoms with Crippen LogP contribution in [0.15, 0.2) is 139 Å². The van der Waals surface area contributed by atoms with Gasteiger partial charge in [0.1, 0.15) is 11.5 Å². The highest BCUT2D eigenvalue weighted by atomic mass is 35.5. The van der Waals surface area contributed by atoms with E-state index in [4.69, 9.17) is 41.8 Å². The minimum atomic E-state index is -1.48. The van der Waals surface area contributed by atoms with Crippen molar-refractivity contribution >= 4 is 54.9 Å². The molecule has 4 aromatic carbocycles. The first-order valence-corrected chi connectivity index (χ1v) is 20.0. The van der Waals surface area contributed by atoms with Gasteiger partial charge in [0.2, 0.25) is 8.32 Å². The molecule has 4 aromatic rings. The summed E-state index contributed by atoms with van der Waals surface area (Å²) in [5.41, 5.74) is 3.99. The normalized spacial score (nSPS) is 13.7. The molecule has 7 nitrogen and oxygen atoms in total. The molecule has 5 rings (SSSR count). The molecule has 0 bridgehead atoms.